The first kappa shape index (κ1) is 12.8. The Morgan fingerprint density at radius 3 is 2.94 bits per heavy atom. The van der Waals surface area contributed by atoms with Gasteiger partial charge >= 0.3 is 0 Å². The second kappa shape index (κ2) is 6.33. The summed E-state index contributed by atoms with van der Waals surface area (Å²) < 4.78 is 2.01. The molecule has 0 aliphatic rings. The molecule has 90 valence electrons. The van der Waals surface area contributed by atoms with E-state index in [0.717, 1.165) is 12.0 Å². The van der Waals surface area contributed by atoms with Crippen molar-refractivity contribution in [1.82, 2.24) is 9.88 Å². The number of rotatable bonds is 6. The Balaban J connectivity index is 2.43. The number of nitrogens with zero attached hydrogens (tertiary/aromatic N) is 1. The van der Waals surface area contributed by atoms with E-state index in [9.17, 15) is 4.79 Å². The first-order valence-electron chi connectivity index (χ1n) is 5.85. The number of carbonyl (C=O) groups excluding carboxylic acids is 1. The lowest BCUT2D eigenvalue weighted by Crippen LogP contribution is -2.23. The summed E-state index contributed by atoms with van der Waals surface area (Å²) in [7, 11) is 0. The molecule has 0 bridgehead atoms. The molecule has 0 spiro atoms. The molecule has 1 amide bonds. The highest BCUT2D eigenvalue weighted by Crippen LogP contribution is 2.13. The van der Waals surface area contributed by atoms with Crippen LogP contribution in [0.2, 0.25) is 0 Å². The van der Waals surface area contributed by atoms with Gasteiger partial charge in [-0.15, -0.1) is 0 Å². The molecule has 3 N–H and O–H groups in total. The monoisotopic (exact) mass is 223 g/mol. The smallest absolute Gasteiger partial charge is 0.221 e. The van der Waals surface area contributed by atoms with Crippen molar-refractivity contribution >= 4 is 5.91 Å². The van der Waals surface area contributed by atoms with Crippen molar-refractivity contribution in [2.24, 2.45) is 5.73 Å². The molecule has 1 rings (SSSR count). The normalized spacial score (nSPS) is 12.4. The maximum Gasteiger partial charge on any atom is 0.221 e. The molecule has 0 radical (unpaired) electrons. The number of nitrogens with one attached hydrogen (secondary N) is 1. The quantitative estimate of drug-likeness (QED) is 0.766. The van der Waals surface area contributed by atoms with Crippen LogP contribution in [0.5, 0.6) is 0 Å². The lowest BCUT2D eigenvalue weighted by molar-refractivity contribution is -0.121. The molecule has 1 unspecified atom stereocenters. The molecule has 0 aromatic carbocycles. The Bertz CT molecular complexity index is 333. The summed E-state index contributed by atoms with van der Waals surface area (Å²) in [5, 5.41) is 2.78. The fourth-order valence-electron chi connectivity index (χ4n) is 1.57. The largest absolute Gasteiger partial charge is 0.356 e. The molecule has 0 saturated heterocycles. The van der Waals surface area contributed by atoms with E-state index in [4.69, 9.17) is 5.73 Å². The van der Waals surface area contributed by atoms with Crippen LogP contribution in [0.3, 0.4) is 0 Å². The molecule has 0 aliphatic carbocycles. The summed E-state index contributed by atoms with van der Waals surface area (Å²) >= 11 is 0. The Kier molecular flexibility index (Phi) is 5.05. The number of hydrogen-bond donors (Lipinski definition) is 2. The molecule has 1 aromatic rings. The van der Waals surface area contributed by atoms with Crippen molar-refractivity contribution in [3.8, 4) is 0 Å². The molecular formula is C12H21N3O. The second-order valence-electron chi connectivity index (χ2n) is 3.90. The van der Waals surface area contributed by atoms with Crippen LogP contribution in [0, 0.1) is 0 Å². The van der Waals surface area contributed by atoms with Crippen molar-refractivity contribution in [3.05, 3.63) is 24.0 Å². The first-order chi connectivity index (χ1) is 7.67. The van der Waals surface area contributed by atoms with Gasteiger partial charge in [0.25, 0.3) is 0 Å². The average molecular weight is 223 g/mol. The number of aryl methyl sites for hydroxylation is 1. The van der Waals surface area contributed by atoms with Crippen LogP contribution >= 0.6 is 0 Å². The van der Waals surface area contributed by atoms with E-state index in [1.165, 1.54) is 0 Å². The van der Waals surface area contributed by atoms with Gasteiger partial charge in [0, 0.05) is 37.9 Å². The van der Waals surface area contributed by atoms with Crippen LogP contribution in [0.25, 0.3) is 0 Å². The molecule has 16 heavy (non-hydrogen) atoms. The minimum Gasteiger partial charge on any atom is -0.356 e. The number of aromatic nitrogens is 1. The topological polar surface area (TPSA) is 60.0 Å². The van der Waals surface area contributed by atoms with Crippen molar-refractivity contribution in [2.45, 2.75) is 39.3 Å². The number of hydrogen-bond acceptors (Lipinski definition) is 2. The summed E-state index contributed by atoms with van der Waals surface area (Å²) in [5.74, 6) is 0.0949. The van der Waals surface area contributed by atoms with Gasteiger partial charge in [0.15, 0.2) is 0 Å². The van der Waals surface area contributed by atoms with Crippen LogP contribution in [0.1, 0.15) is 38.3 Å². The van der Waals surface area contributed by atoms with Gasteiger partial charge in [0.2, 0.25) is 5.91 Å². The minimum absolute atomic E-state index is 0.0949. The molecule has 0 fully saturated rings. The number of amides is 1. The third-order valence-electron chi connectivity index (χ3n) is 2.61. The summed E-state index contributed by atoms with van der Waals surface area (Å²) in [5.41, 5.74) is 7.06. The third kappa shape index (κ3) is 3.70. The zero-order valence-corrected chi connectivity index (χ0v) is 10.1. The second-order valence-corrected chi connectivity index (χ2v) is 3.90. The highest BCUT2D eigenvalue weighted by Gasteiger charge is 2.05. The van der Waals surface area contributed by atoms with Crippen LogP contribution in [0.4, 0.5) is 0 Å². The fraction of sp³-hybridized carbons (Fsp3) is 0.583. The lowest BCUT2D eigenvalue weighted by Gasteiger charge is -2.06. The van der Waals surface area contributed by atoms with E-state index in [2.05, 4.69) is 12.2 Å². The van der Waals surface area contributed by atoms with E-state index in [-0.39, 0.29) is 11.9 Å². The maximum atomic E-state index is 11.3. The molecule has 0 aliphatic heterocycles. The van der Waals surface area contributed by atoms with Crippen molar-refractivity contribution in [2.75, 3.05) is 6.54 Å². The molecule has 1 atom stereocenters. The Morgan fingerprint density at radius 2 is 2.31 bits per heavy atom. The SMILES string of the molecule is CCNC(=O)CCn1ccc(C(N)CC)c1. The Hall–Kier alpha value is -1.29. The number of nitrogens with two attached hydrogens (primary N) is 1. The predicted octanol–water partition coefficient (Wildman–Crippen LogP) is 1.42. The molecule has 0 saturated carbocycles. The van der Waals surface area contributed by atoms with Crippen molar-refractivity contribution in [1.29, 1.82) is 0 Å². The highest BCUT2D eigenvalue weighted by atomic mass is 16.1. The van der Waals surface area contributed by atoms with Gasteiger partial charge in [-0.25, -0.2) is 0 Å². The van der Waals surface area contributed by atoms with Gasteiger partial charge in [0.1, 0.15) is 0 Å². The van der Waals surface area contributed by atoms with Gasteiger partial charge in [-0.3, -0.25) is 4.79 Å². The van der Waals surface area contributed by atoms with Crippen molar-refractivity contribution < 1.29 is 4.79 Å². The van der Waals surface area contributed by atoms with E-state index in [1.54, 1.807) is 0 Å². The molecule has 4 heteroatoms. The molecule has 1 heterocycles. The highest BCUT2D eigenvalue weighted by molar-refractivity contribution is 5.75. The zero-order valence-electron chi connectivity index (χ0n) is 10.1. The average Bonchev–Trinajstić information content (AvgIpc) is 2.74. The van der Waals surface area contributed by atoms with Crippen LogP contribution < -0.4 is 11.1 Å². The minimum atomic E-state index is 0.0949. The van der Waals surface area contributed by atoms with Crippen LogP contribution in [-0.2, 0) is 11.3 Å². The van der Waals surface area contributed by atoms with Gasteiger partial charge in [0.05, 0.1) is 0 Å². The Labute approximate surface area is 96.8 Å². The van der Waals surface area contributed by atoms with Gasteiger partial charge < -0.3 is 15.6 Å². The van der Waals surface area contributed by atoms with Gasteiger partial charge in [-0.1, -0.05) is 6.92 Å². The lowest BCUT2D eigenvalue weighted by atomic mass is 10.1. The molecule has 1 aromatic heterocycles. The standard InChI is InChI=1S/C12H21N3O/c1-3-11(13)10-5-7-15(9-10)8-6-12(16)14-4-2/h5,7,9,11H,3-4,6,8,13H2,1-2H3,(H,14,16). The summed E-state index contributed by atoms with van der Waals surface area (Å²) in [4.78, 5) is 11.3. The Morgan fingerprint density at radius 1 is 1.56 bits per heavy atom. The summed E-state index contributed by atoms with van der Waals surface area (Å²) in [6, 6.07) is 2.12. The van der Waals surface area contributed by atoms with E-state index < -0.39 is 0 Å². The van der Waals surface area contributed by atoms with E-state index in [0.29, 0.717) is 19.5 Å². The van der Waals surface area contributed by atoms with Crippen LogP contribution in [0.15, 0.2) is 18.5 Å². The number of carbonyl (C=O) groups is 1. The first-order valence-corrected chi connectivity index (χ1v) is 5.85. The van der Waals surface area contributed by atoms with Gasteiger partial charge in [-0.05, 0) is 25.0 Å². The summed E-state index contributed by atoms with van der Waals surface area (Å²) in [6.07, 6.45) is 5.45. The molecule has 4 nitrogen and oxygen atoms in total. The molecular weight excluding hydrogens is 202 g/mol. The van der Waals surface area contributed by atoms with Crippen LogP contribution in [-0.4, -0.2) is 17.0 Å². The predicted molar refractivity (Wildman–Crippen MR) is 65.0 cm³/mol. The summed E-state index contributed by atoms with van der Waals surface area (Å²) in [6.45, 7) is 5.39. The van der Waals surface area contributed by atoms with E-state index in [1.807, 2.05) is 30.0 Å². The fourth-order valence-corrected chi connectivity index (χ4v) is 1.57. The zero-order chi connectivity index (χ0) is 12.0. The third-order valence-corrected chi connectivity index (χ3v) is 2.61. The maximum absolute atomic E-state index is 11.3. The van der Waals surface area contributed by atoms with E-state index >= 15 is 0 Å². The van der Waals surface area contributed by atoms with Gasteiger partial charge in [-0.2, -0.15) is 0 Å². The van der Waals surface area contributed by atoms with Crippen molar-refractivity contribution in [3.63, 3.8) is 0 Å².